The van der Waals surface area contributed by atoms with Crippen LogP contribution in [0.2, 0.25) is 0 Å². The number of hydrogen-bond donors (Lipinski definition) is 2. The van der Waals surface area contributed by atoms with E-state index in [4.69, 9.17) is 5.73 Å². The Bertz CT molecular complexity index is 259. The topological polar surface area (TPSA) is 58.9 Å². The molecule has 0 aliphatic heterocycles. The molecule has 0 saturated heterocycles. The maximum atomic E-state index is 10.6. The largest absolute Gasteiger partial charge is 0.329 e. The second-order valence-electron chi connectivity index (χ2n) is 2.50. The Kier molecular flexibility index (Phi) is 2.44. The molecule has 3 nitrogen and oxygen atoms in total. The molecule has 0 bridgehead atoms. The number of aromatic amines is 1. The molecule has 0 amide bonds. The lowest BCUT2D eigenvalue weighted by molar-refractivity contribution is 0.694. The highest BCUT2D eigenvalue weighted by molar-refractivity contribution is 5.12. The lowest BCUT2D eigenvalue weighted by Crippen LogP contribution is -2.11. The molecule has 1 heterocycles. The molecule has 0 spiro atoms. The van der Waals surface area contributed by atoms with Crippen LogP contribution in [0.15, 0.2) is 23.1 Å². The summed E-state index contributed by atoms with van der Waals surface area (Å²) in [5.74, 6) is 0. The second kappa shape index (κ2) is 3.34. The normalized spacial score (nSPS) is 12.9. The molecule has 0 aromatic carbocycles. The van der Waals surface area contributed by atoms with Crippen molar-refractivity contribution in [2.45, 2.75) is 19.4 Å². The summed E-state index contributed by atoms with van der Waals surface area (Å²) in [6, 6.07) is 3.28. The van der Waals surface area contributed by atoms with Gasteiger partial charge < -0.3 is 10.7 Å². The number of aromatic nitrogens is 1. The maximum absolute atomic E-state index is 10.6. The van der Waals surface area contributed by atoms with Gasteiger partial charge in [-0.1, -0.05) is 13.0 Å². The van der Waals surface area contributed by atoms with Crippen molar-refractivity contribution in [1.82, 2.24) is 4.98 Å². The summed E-state index contributed by atoms with van der Waals surface area (Å²) in [7, 11) is 0. The Balaban J connectivity index is 2.89. The first-order valence-electron chi connectivity index (χ1n) is 3.68. The van der Waals surface area contributed by atoms with E-state index in [-0.39, 0.29) is 11.6 Å². The van der Waals surface area contributed by atoms with E-state index in [1.807, 2.05) is 6.92 Å². The first kappa shape index (κ1) is 8.01. The van der Waals surface area contributed by atoms with Gasteiger partial charge in [0, 0.05) is 18.3 Å². The van der Waals surface area contributed by atoms with Crippen molar-refractivity contribution < 1.29 is 0 Å². The molecule has 0 saturated carbocycles. The van der Waals surface area contributed by atoms with Crippen molar-refractivity contribution in [1.29, 1.82) is 0 Å². The van der Waals surface area contributed by atoms with Crippen molar-refractivity contribution in [2.75, 3.05) is 0 Å². The van der Waals surface area contributed by atoms with E-state index in [0.717, 1.165) is 12.0 Å². The fraction of sp³-hybridized carbons (Fsp3) is 0.375. The van der Waals surface area contributed by atoms with Gasteiger partial charge in [-0.3, -0.25) is 4.79 Å². The van der Waals surface area contributed by atoms with Crippen molar-refractivity contribution >= 4 is 0 Å². The fourth-order valence-electron chi connectivity index (χ4n) is 0.889. The average Bonchev–Trinajstić information content (AvgIpc) is 2.05. The number of nitrogens with one attached hydrogen (secondary N) is 1. The number of hydrogen-bond acceptors (Lipinski definition) is 2. The molecular formula is C8H12N2O. The van der Waals surface area contributed by atoms with Gasteiger partial charge >= 0.3 is 0 Å². The van der Waals surface area contributed by atoms with E-state index in [2.05, 4.69) is 4.98 Å². The molecular weight excluding hydrogens is 140 g/mol. The first-order valence-corrected chi connectivity index (χ1v) is 3.68. The summed E-state index contributed by atoms with van der Waals surface area (Å²) in [6.45, 7) is 2.01. The highest BCUT2D eigenvalue weighted by Gasteiger charge is 2.00. The minimum Gasteiger partial charge on any atom is -0.329 e. The molecule has 0 unspecified atom stereocenters. The fourth-order valence-corrected chi connectivity index (χ4v) is 0.889. The maximum Gasteiger partial charge on any atom is 0.247 e. The summed E-state index contributed by atoms with van der Waals surface area (Å²) in [4.78, 5) is 13.2. The van der Waals surface area contributed by atoms with Gasteiger partial charge in [-0.15, -0.1) is 0 Å². The van der Waals surface area contributed by atoms with Gasteiger partial charge in [-0.05, 0) is 12.0 Å². The van der Waals surface area contributed by atoms with Crippen LogP contribution in [0.1, 0.15) is 24.9 Å². The van der Waals surface area contributed by atoms with E-state index in [0.29, 0.717) is 0 Å². The lowest BCUT2D eigenvalue weighted by Gasteiger charge is -2.06. The van der Waals surface area contributed by atoms with E-state index >= 15 is 0 Å². The SMILES string of the molecule is CC[C@H](N)c1ccc(=O)[nH]c1. The van der Waals surface area contributed by atoms with Gasteiger partial charge in [-0.25, -0.2) is 0 Å². The predicted octanol–water partition coefficient (Wildman–Crippen LogP) is 0.785. The van der Waals surface area contributed by atoms with E-state index in [1.54, 1.807) is 12.3 Å². The smallest absolute Gasteiger partial charge is 0.247 e. The molecule has 1 atom stereocenters. The summed E-state index contributed by atoms with van der Waals surface area (Å²) >= 11 is 0. The summed E-state index contributed by atoms with van der Waals surface area (Å²) in [5, 5.41) is 0. The minimum atomic E-state index is -0.0861. The first-order chi connectivity index (χ1) is 5.24. The van der Waals surface area contributed by atoms with Gasteiger partial charge in [-0.2, -0.15) is 0 Å². The third-order valence-electron chi connectivity index (χ3n) is 1.68. The lowest BCUT2D eigenvalue weighted by atomic mass is 10.1. The highest BCUT2D eigenvalue weighted by atomic mass is 16.1. The summed E-state index contributed by atoms with van der Waals surface area (Å²) < 4.78 is 0. The molecule has 3 N–H and O–H groups in total. The predicted molar refractivity (Wildman–Crippen MR) is 44.3 cm³/mol. The number of H-pyrrole nitrogens is 1. The van der Waals surface area contributed by atoms with Crippen LogP contribution in [0.5, 0.6) is 0 Å². The number of pyridine rings is 1. The molecule has 3 heteroatoms. The van der Waals surface area contributed by atoms with Crippen molar-refractivity contribution in [3.05, 3.63) is 34.2 Å². The average molecular weight is 152 g/mol. The highest BCUT2D eigenvalue weighted by Crippen LogP contribution is 2.09. The van der Waals surface area contributed by atoms with Crippen LogP contribution in [-0.2, 0) is 0 Å². The standard InChI is InChI=1S/C8H12N2O/c1-2-7(9)6-3-4-8(11)10-5-6/h3-5,7H,2,9H2,1H3,(H,10,11)/t7-/m0/s1. The Labute approximate surface area is 65.2 Å². The Morgan fingerprint density at radius 1 is 1.64 bits per heavy atom. The van der Waals surface area contributed by atoms with Gasteiger partial charge in [0.2, 0.25) is 5.56 Å². The molecule has 11 heavy (non-hydrogen) atoms. The van der Waals surface area contributed by atoms with Crippen LogP contribution in [0, 0.1) is 0 Å². The molecule has 0 aliphatic carbocycles. The van der Waals surface area contributed by atoms with Gasteiger partial charge in [0.15, 0.2) is 0 Å². The molecule has 1 aromatic rings. The third kappa shape index (κ3) is 1.91. The van der Waals surface area contributed by atoms with Crippen molar-refractivity contribution in [3.63, 3.8) is 0 Å². The molecule has 1 rings (SSSR count). The molecule has 1 aromatic heterocycles. The molecule has 0 aliphatic rings. The van der Waals surface area contributed by atoms with E-state index < -0.39 is 0 Å². The Hall–Kier alpha value is -1.09. The molecule has 0 fully saturated rings. The monoisotopic (exact) mass is 152 g/mol. The summed E-state index contributed by atoms with van der Waals surface area (Å²) in [5.41, 5.74) is 6.62. The zero-order chi connectivity index (χ0) is 8.27. The van der Waals surface area contributed by atoms with Crippen molar-refractivity contribution in [2.24, 2.45) is 5.73 Å². The van der Waals surface area contributed by atoms with Gasteiger partial charge in [0.1, 0.15) is 0 Å². The van der Waals surface area contributed by atoms with E-state index in [9.17, 15) is 4.79 Å². The molecule has 0 radical (unpaired) electrons. The van der Waals surface area contributed by atoms with Crippen LogP contribution >= 0.6 is 0 Å². The summed E-state index contributed by atoms with van der Waals surface area (Å²) in [6.07, 6.45) is 2.54. The number of rotatable bonds is 2. The molecule has 60 valence electrons. The number of nitrogens with two attached hydrogens (primary N) is 1. The van der Waals surface area contributed by atoms with Crippen LogP contribution in [-0.4, -0.2) is 4.98 Å². The third-order valence-corrected chi connectivity index (χ3v) is 1.68. The van der Waals surface area contributed by atoms with Crippen LogP contribution in [0.4, 0.5) is 0 Å². The minimum absolute atomic E-state index is 0.0341. The van der Waals surface area contributed by atoms with E-state index in [1.165, 1.54) is 6.07 Å². The zero-order valence-electron chi connectivity index (χ0n) is 6.50. The quantitative estimate of drug-likeness (QED) is 0.658. The van der Waals surface area contributed by atoms with Gasteiger partial charge in [0.25, 0.3) is 0 Å². The van der Waals surface area contributed by atoms with Crippen LogP contribution in [0.3, 0.4) is 0 Å². The van der Waals surface area contributed by atoms with Crippen LogP contribution in [0.25, 0.3) is 0 Å². The van der Waals surface area contributed by atoms with Crippen LogP contribution < -0.4 is 11.3 Å². The zero-order valence-corrected chi connectivity index (χ0v) is 6.50. The van der Waals surface area contributed by atoms with Crippen molar-refractivity contribution in [3.8, 4) is 0 Å². The Morgan fingerprint density at radius 2 is 2.36 bits per heavy atom. The van der Waals surface area contributed by atoms with Gasteiger partial charge in [0.05, 0.1) is 0 Å². The second-order valence-corrected chi connectivity index (χ2v) is 2.50. The Morgan fingerprint density at radius 3 is 2.82 bits per heavy atom.